The van der Waals surface area contributed by atoms with Crippen LogP contribution in [-0.4, -0.2) is 41.0 Å². The van der Waals surface area contributed by atoms with Crippen LogP contribution >= 0.6 is 22.9 Å². The van der Waals surface area contributed by atoms with Crippen molar-refractivity contribution >= 4 is 22.9 Å². The minimum atomic E-state index is 0.375. The number of benzene rings is 1. The zero-order chi connectivity index (χ0) is 14.7. The second-order valence-electron chi connectivity index (χ2n) is 5.49. The van der Waals surface area contributed by atoms with Gasteiger partial charge in [0, 0.05) is 49.2 Å². The zero-order valence-corrected chi connectivity index (χ0v) is 13.8. The Labute approximate surface area is 135 Å². The molecule has 1 aliphatic rings. The lowest BCUT2D eigenvalue weighted by molar-refractivity contribution is 0.0972. The number of aromatic nitrogens is 1. The number of hydrogen-bond acceptors (Lipinski definition) is 4. The van der Waals surface area contributed by atoms with Crippen LogP contribution in [0.15, 0.2) is 35.2 Å². The quantitative estimate of drug-likeness (QED) is 0.856. The molecular formula is C16H20ClN3S. The Morgan fingerprint density at radius 2 is 2.00 bits per heavy atom. The van der Waals surface area contributed by atoms with Crippen LogP contribution in [0.3, 0.4) is 0 Å². The zero-order valence-electron chi connectivity index (χ0n) is 12.2. The normalized spacial score (nSPS) is 18.8. The minimum Gasteiger partial charge on any atom is -0.295 e. The summed E-state index contributed by atoms with van der Waals surface area (Å²) in [5.74, 6) is 0. The Morgan fingerprint density at radius 3 is 2.67 bits per heavy atom. The van der Waals surface area contributed by atoms with E-state index in [1.165, 1.54) is 11.3 Å². The van der Waals surface area contributed by atoms with Crippen molar-refractivity contribution in [2.45, 2.75) is 19.5 Å². The number of rotatable bonds is 4. The highest BCUT2D eigenvalue weighted by atomic mass is 35.5. The highest BCUT2D eigenvalue weighted by Gasteiger charge is 2.23. The second-order valence-corrected chi connectivity index (χ2v) is 6.62. The van der Waals surface area contributed by atoms with Gasteiger partial charge in [0.2, 0.25) is 0 Å². The monoisotopic (exact) mass is 321 g/mol. The average Bonchev–Trinajstić information content (AvgIpc) is 3.01. The molecule has 1 saturated heterocycles. The van der Waals surface area contributed by atoms with Crippen LogP contribution in [-0.2, 0) is 6.54 Å². The molecule has 1 fully saturated rings. The summed E-state index contributed by atoms with van der Waals surface area (Å²) in [7, 11) is 0. The summed E-state index contributed by atoms with van der Waals surface area (Å²) in [6, 6.07) is 8.54. The lowest BCUT2D eigenvalue weighted by Gasteiger charge is -2.38. The molecule has 1 atom stereocenters. The maximum atomic E-state index is 6.32. The van der Waals surface area contributed by atoms with E-state index in [-0.39, 0.29) is 0 Å². The van der Waals surface area contributed by atoms with Crippen molar-refractivity contribution < 1.29 is 0 Å². The molecule has 1 aromatic carbocycles. The maximum absolute atomic E-state index is 6.32. The lowest BCUT2D eigenvalue weighted by atomic mass is 10.1. The van der Waals surface area contributed by atoms with Crippen molar-refractivity contribution in [3.05, 3.63) is 51.4 Å². The van der Waals surface area contributed by atoms with E-state index in [1.54, 1.807) is 11.3 Å². The summed E-state index contributed by atoms with van der Waals surface area (Å²) in [6.07, 6.45) is 0. The van der Waals surface area contributed by atoms with Crippen molar-refractivity contribution in [2.75, 3.05) is 26.2 Å². The molecule has 1 aliphatic heterocycles. The first-order chi connectivity index (χ1) is 10.2. The average molecular weight is 322 g/mol. The Bertz CT molecular complexity index is 565. The van der Waals surface area contributed by atoms with Gasteiger partial charge in [-0.1, -0.05) is 29.8 Å². The summed E-state index contributed by atoms with van der Waals surface area (Å²) < 4.78 is 0. The molecule has 1 unspecified atom stereocenters. The molecule has 5 heteroatoms. The third kappa shape index (κ3) is 3.64. The van der Waals surface area contributed by atoms with Gasteiger partial charge >= 0.3 is 0 Å². The maximum Gasteiger partial charge on any atom is 0.0795 e. The first-order valence-corrected chi connectivity index (χ1v) is 8.64. The largest absolute Gasteiger partial charge is 0.295 e. The van der Waals surface area contributed by atoms with E-state index in [1.807, 2.05) is 17.6 Å². The van der Waals surface area contributed by atoms with E-state index in [2.05, 4.69) is 39.2 Å². The van der Waals surface area contributed by atoms with Gasteiger partial charge in [-0.15, -0.1) is 11.3 Å². The molecule has 3 rings (SSSR count). The first-order valence-electron chi connectivity index (χ1n) is 7.32. The van der Waals surface area contributed by atoms with Crippen LogP contribution in [0.2, 0.25) is 5.02 Å². The standard InChI is InChI=1S/C16H20ClN3S/c1-13(15-4-2-3-5-16(15)17)20-8-6-19(7-9-20)10-14-11-21-12-18-14/h2-5,11-13H,6-10H2,1H3. The Morgan fingerprint density at radius 1 is 1.24 bits per heavy atom. The molecule has 0 amide bonds. The van der Waals surface area contributed by atoms with Crippen LogP contribution in [0.5, 0.6) is 0 Å². The second kappa shape index (κ2) is 6.88. The van der Waals surface area contributed by atoms with Gasteiger partial charge < -0.3 is 0 Å². The van der Waals surface area contributed by atoms with E-state index in [0.29, 0.717) is 6.04 Å². The number of thiazole rings is 1. The van der Waals surface area contributed by atoms with Crippen LogP contribution in [0.1, 0.15) is 24.2 Å². The van der Waals surface area contributed by atoms with Gasteiger partial charge in [0.05, 0.1) is 11.2 Å². The summed E-state index contributed by atoms with van der Waals surface area (Å²) >= 11 is 7.99. The van der Waals surface area contributed by atoms with Crippen LogP contribution < -0.4 is 0 Å². The molecule has 2 heterocycles. The Hall–Kier alpha value is -0.940. The molecule has 0 N–H and O–H groups in total. The summed E-state index contributed by atoms with van der Waals surface area (Å²) in [4.78, 5) is 9.36. The van der Waals surface area contributed by atoms with Crippen LogP contribution in [0.4, 0.5) is 0 Å². The summed E-state index contributed by atoms with van der Waals surface area (Å²) in [6.45, 7) is 7.56. The fraction of sp³-hybridized carbons (Fsp3) is 0.438. The van der Waals surface area contributed by atoms with E-state index >= 15 is 0 Å². The molecule has 0 radical (unpaired) electrons. The lowest BCUT2D eigenvalue weighted by Crippen LogP contribution is -2.46. The molecule has 0 saturated carbocycles. The highest BCUT2D eigenvalue weighted by molar-refractivity contribution is 7.07. The SMILES string of the molecule is CC(c1ccccc1Cl)N1CCN(Cc2cscn2)CC1. The van der Waals surface area contributed by atoms with Crippen molar-refractivity contribution in [3.8, 4) is 0 Å². The molecule has 21 heavy (non-hydrogen) atoms. The number of piperazine rings is 1. The predicted octanol–water partition coefficient (Wildman–Crippen LogP) is 3.68. The van der Waals surface area contributed by atoms with Crippen LogP contribution in [0.25, 0.3) is 0 Å². The molecule has 112 valence electrons. The van der Waals surface area contributed by atoms with E-state index in [4.69, 9.17) is 11.6 Å². The molecule has 2 aromatic rings. The fourth-order valence-corrected chi connectivity index (χ4v) is 3.71. The molecule has 0 spiro atoms. The summed E-state index contributed by atoms with van der Waals surface area (Å²) in [5.41, 5.74) is 4.32. The highest BCUT2D eigenvalue weighted by Crippen LogP contribution is 2.27. The number of nitrogens with zero attached hydrogens (tertiary/aromatic N) is 3. The fourth-order valence-electron chi connectivity index (χ4n) is 2.86. The Balaban J connectivity index is 1.57. The molecular weight excluding hydrogens is 302 g/mol. The first kappa shape index (κ1) is 15.0. The van der Waals surface area contributed by atoms with Crippen molar-refractivity contribution in [2.24, 2.45) is 0 Å². The van der Waals surface area contributed by atoms with Gasteiger partial charge in [0.25, 0.3) is 0 Å². The third-order valence-corrected chi connectivity index (χ3v) is 5.16. The summed E-state index contributed by atoms with van der Waals surface area (Å²) in [5, 5.41) is 3.01. The van der Waals surface area contributed by atoms with Gasteiger partial charge in [0.15, 0.2) is 0 Å². The Kier molecular flexibility index (Phi) is 4.91. The van der Waals surface area contributed by atoms with Gasteiger partial charge in [0.1, 0.15) is 0 Å². The number of halogens is 1. The van der Waals surface area contributed by atoms with Gasteiger partial charge in [-0.05, 0) is 18.6 Å². The predicted molar refractivity (Wildman–Crippen MR) is 88.8 cm³/mol. The van der Waals surface area contributed by atoms with Gasteiger partial charge in [-0.3, -0.25) is 9.80 Å². The van der Waals surface area contributed by atoms with Crippen LogP contribution in [0, 0.1) is 0 Å². The van der Waals surface area contributed by atoms with E-state index in [0.717, 1.165) is 37.7 Å². The van der Waals surface area contributed by atoms with Crippen molar-refractivity contribution in [3.63, 3.8) is 0 Å². The van der Waals surface area contributed by atoms with Crippen molar-refractivity contribution in [1.82, 2.24) is 14.8 Å². The third-order valence-electron chi connectivity index (χ3n) is 4.18. The van der Waals surface area contributed by atoms with E-state index in [9.17, 15) is 0 Å². The van der Waals surface area contributed by atoms with Crippen molar-refractivity contribution in [1.29, 1.82) is 0 Å². The molecule has 3 nitrogen and oxygen atoms in total. The smallest absolute Gasteiger partial charge is 0.0795 e. The topological polar surface area (TPSA) is 19.4 Å². The number of hydrogen-bond donors (Lipinski definition) is 0. The van der Waals surface area contributed by atoms with Gasteiger partial charge in [-0.25, -0.2) is 4.98 Å². The molecule has 0 bridgehead atoms. The molecule has 1 aromatic heterocycles. The van der Waals surface area contributed by atoms with Gasteiger partial charge in [-0.2, -0.15) is 0 Å². The van der Waals surface area contributed by atoms with E-state index < -0.39 is 0 Å². The minimum absolute atomic E-state index is 0.375. The molecule has 0 aliphatic carbocycles.